The van der Waals surface area contributed by atoms with Crippen LogP contribution in [0.1, 0.15) is 41.5 Å². The molecule has 7 nitrogen and oxygen atoms in total. The normalized spacial score (nSPS) is 17.6. The van der Waals surface area contributed by atoms with Gasteiger partial charge in [-0.25, -0.2) is 0 Å². The van der Waals surface area contributed by atoms with Crippen LogP contribution >= 0.6 is 23.7 Å². The van der Waals surface area contributed by atoms with Gasteiger partial charge in [0.25, 0.3) is 5.91 Å². The molecule has 1 atom stereocenters. The maximum atomic E-state index is 12.5. The molecule has 0 fully saturated rings. The van der Waals surface area contributed by atoms with Crippen LogP contribution in [0.25, 0.3) is 0 Å². The Labute approximate surface area is 154 Å². The van der Waals surface area contributed by atoms with E-state index in [0.29, 0.717) is 22.7 Å². The summed E-state index contributed by atoms with van der Waals surface area (Å²) >= 11 is 0.855. The minimum absolute atomic E-state index is 0. The van der Waals surface area contributed by atoms with Gasteiger partial charge < -0.3 is 15.8 Å². The van der Waals surface area contributed by atoms with Crippen molar-refractivity contribution in [1.82, 2.24) is 5.32 Å². The smallest absolute Gasteiger partial charge is 0.324 e. The fourth-order valence-electron chi connectivity index (χ4n) is 2.78. The van der Waals surface area contributed by atoms with Crippen molar-refractivity contribution in [2.45, 2.75) is 31.9 Å². The number of thiophene rings is 1. The molecule has 0 bridgehead atoms. The van der Waals surface area contributed by atoms with Gasteiger partial charge in [0.1, 0.15) is 11.4 Å². The van der Waals surface area contributed by atoms with Crippen molar-refractivity contribution in [1.29, 1.82) is 0 Å². The van der Waals surface area contributed by atoms with Crippen LogP contribution in [0.4, 0.5) is 10.7 Å². The number of anilines is 1. The van der Waals surface area contributed by atoms with Crippen molar-refractivity contribution in [2.24, 2.45) is 0 Å². The molecule has 0 saturated heterocycles. The van der Waals surface area contributed by atoms with Crippen molar-refractivity contribution in [3.63, 3.8) is 0 Å². The van der Waals surface area contributed by atoms with E-state index in [1.807, 2.05) is 13.8 Å². The number of benzene rings is 1. The molecule has 2 heterocycles. The lowest BCUT2D eigenvalue weighted by atomic mass is 9.89. The van der Waals surface area contributed by atoms with E-state index in [2.05, 4.69) is 5.32 Å². The van der Waals surface area contributed by atoms with Crippen LogP contribution in [0, 0.1) is 10.1 Å². The number of fused-ring (bicyclic) bond motifs is 1. The van der Waals surface area contributed by atoms with Gasteiger partial charge >= 0.3 is 5.00 Å². The zero-order chi connectivity index (χ0) is 17.5. The van der Waals surface area contributed by atoms with Gasteiger partial charge in [0.05, 0.1) is 15.8 Å². The van der Waals surface area contributed by atoms with Crippen LogP contribution in [0.15, 0.2) is 30.3 Å². The molecule has 1 aliphatic rings. The zero-order valence-electron chi connectivity index (χ0n) is 13.6. The van der Waals surface area contributed by atoms with Gasteiger partial charge in [0.15, 0.2) is 0 Å². The highest BCUT2D eigenvalue weighted by atomic mass is 35.5. The van der Waals surface area contributed by atoms with E-state index >= 15 is 0 Å². The Morgan fingerprint density at radius 3 is 2.76 bits per heavy atom. The third-order valence-electron chi connectivity index (χ3n) is 3.79. The number of ether oxygens (including phenoxy) is 1. The molecule has 3 rings (SSSR count). The van der Waals surface area contributed by atoms with E-state index in [1.54, 1.807) is 18.2 Å². The molecule has 1 aromatic carbocycles. The molecule has 1 aromatic heterocycles. The minimum Gasteiger partial charge on any atom is -0.487 e. The summed E-state index contributed by atoms with van der Waals surface area (Å²) < 4.78 is 5.93. The first-order valence-electron chi connectivity index (χ1n) is 7.39. The second kappa shape index (κ2) is 6.89. The molecule has 1 aliphatic heterocycles. The van der Waals surface area contributed by atoms with Crippen LogP contribution < -0.4 is 15.8 Å². The number of rotatable bonds is 3. The van der Waals surface area contributed by atoms with Crippen LogP contribution in [0.3, 0.4) is 0 Å². The summed E-state index contributed by atoms with van der Waals surface area (Å²) in [6.07, 6.45) is 0.572. The third-order valence-corrected chi connectivity index (χ3v) is 4.83. The van der Waals surface area contributed by atoms with Crippen molar-refractivity contribution in [2.75, 3.05) is 5.73 Å². The highest BCUT2D eigenvalue weighted by Gasteiger charge is 2.35. The summed E-state index contributed by atoms with van der Waals surface area (Å²) in [5.41, 5.74) is 6.81. The van der Waals surface area contributed by atoms with E-state index in [0.717, 1.165) is 16.9 Å². The van der Waals surface area contributed by atoms with Gasteiger partial charge in [-0.2, -0.15) is 0 Å². The van der Waals surface area contributed by atoms with E-state index < -0.39 is 10.5 Å². The van der Waals surface area contributed by atoms with Gasteiger partial charge in [-0.3, -0.25) is 14.9 Å². The minimum atomic E-state index is -0.505. The SMILES string of the molecule is CC1(C)CC(NC(=O)c2ccc([N+](=O)[O-])s2)c2cc(N)ccc2O1.Cl. The number of carbonyl (C=O) groups is 1. The molecule has 3 N–H and O–H groups in total. The average Bonchev–Trinajstić information content (AvgIpc) is 2.97. The van der Waals surface area contributed by atoms with Crippen LogP contribution in [0.2, 0.25) is 0 Å². The number of hydrogen-bond donors (Lipinski definition) is 2. The maximum Gasteiger partial charge on any atom is 0.324 e. The molecule has 1 unspecified atom stereocenters. The number of halogens is 1. The van der Waals surface area contributed by atoms with E-state index in [4.69, 9.17) is 10.5 Å². The first kappa shape index (κ1) is 19.0. The number of nitrogens with two attached hydrogens (primary N) is 1. The van der Waals surface area contributed by atoms with Crippen molar-refractivity contribution >= 4 is 40.3 Å². The summed E-state index contributed by atoms with van der Waals surface area (Å²) in [4.78, 5) is 23.0. The Balaban J connectivity index is 0.00000225. The molecule has 0 aliphatic carbocycles. The lowest BCUT2D eigenvalue weighted by molar-refractivity contribution is -0.380. The molecule has 2 aromatic rings. The highest BCUT2D eigenvalue weighted by Crippen LogP contribution is 2.40. The number of hydrogen-bond acceptors (Lipinski definition) is 6. The third kappa shape index (κ3) is 4.02. The Morgan fingerprint density at radius 1 is 1.40 bits per heavy atom. The van der Waals surface area contributed by atoms with Gasteiger partial charge in [0.2, 0.25) is 0 Å². The van der Waals surface area contributed by atoms with Crippen molar-refractivity contribution in [3.8, 4) is 5.75 Å². The molecule has 0 spiro atoms. The quantitative estimate of drug-likeness (QED) is 0.477. The van der Waals surface area contributed by atoms with E-state index in [9.17, 15) is 14.9 Å². The van der Waals surface area contributed by atoms with Crippen molar-refractivity contribution < 1.29 is 14.5 Å². The van der Waals surface area contributed by atoms with Crippen LogP contribution in [-0.2, 0) is 0 Å². The zero-order valence-corrected chi connectivity index (χ0v) is 15.3. The number of nitrogens with zero attached hydrogens (tertiary/aromatic N) is 1. The fraction of sp³-hybridized carbons (Fsp3) is 0.312. The van der Waals surface area contributed by atoms with Gasteiger partial charge in [0, 0.05) is 23.7 Å². The molecule has 9 heteroatoms. The fourth-order valence-corrected chi connectivity index (χ4v) is 3.50. The van der Waals surface area contributed by atoms with Gasteiger partial charge in [-0.05, 0) is 38.1 Å². The monoisotopic (exact) mass is 383 g/mol. The Bertz CT molecular complexity index is 821. The Hall–Kier alpha value is -2.32. The van der Waals surface area contributed by atoms with Crippen molar-refractivity contribution in [3.05, 3.63) is 50.9 Å². The topological polar surface area (TPSA) is 107 Å². The number of carbonyl (C=O) groups excluding carboxylic acids is 1. The summed E-state index contributed by atoms with van der Waals surface area (Å²) in [6.45, 7) is 3.89. The Kier molecular flexibility index (Phi) is 5.24. The lowest BCUT2D eigenvalue weighted by Gasteiger charge is -2.38. The summed E-state index contributed by atoms with van der Waals surface area (Å²) in [6, 6.07) is 7.85. The lowest BCUT2D eigenvalue weighted by Crippen LogP contribution is -2.41. The summed E-state index contributed by atoms with van der Waals surface area (Å²) in [7, 11) is 0. The Morgan fingerprint density at radius 2 is 2.12 bits per heavy atom. The molecule has 134 valence electrons. The van der Waals surface area contributed by atoms with Crippen LogP contribution in [0.5, 0.6) is 5.75 Å². The van der Waals surface area contributed by atoms with Gasteiger partial charge in [-0.15, -0.1) is 12.4 Å². The van der Waals surface area contributed by atoms with Crippen LogP contribution in [-0.4, -0.2) is 16.4 Å². The summed E-state index contributed by atoms with van der Waals surface area (Å²) in [5.74, 6) is 0.340. The molecule has 25 heavy (non-hydrogen) atoms. The standard InChI is InChI=1S/C16H17N3O4S.ClH/c1-16(2)8-11(10-7-9(17)3-4-12(10)23-16)18-15(20)13-5-6-14(24-13)19(21)22;/h3-7,11H,8,17H2,1-2H3,(H,18,20);1H. The molecule has 0 radical (unpaired) electrons. The maximum absolute atomic E-state index is 12.5. The van der Waals surface area contributed by atoms with Gasteiger partial charge in [-0.1, -0.05) is 11.3 Å². The van der Waals surface area contributed by atoms with E-state index in [-0.39, 0.29) is 29.4 Å². The highest BCUT2D eigenvalue weighted by molar-refractivity contribution is 7.17. The second-order valence-corrected chi connectivity index (χ2v) is 7.35. The summed E-state index contributed by atoms with van der Waals surface area (Å²) in [5, 5.41) is 13.6. The number of nitrogen functional groups attached to an aromatic ring is 1. The predicted molar refractivity (Wildman–Crippen MR) is 98.6 cm³/mol. The molecule has 1 amide bonds. The largest absolute Gasteiger partial charge is 0.487 e. The number of nitro groups is 1. The molecular weight excluding hydrogens is 366 g/mol. The first-order chi connectivity index (χ1) is 11.2. The predicted octanol–water partition coefficient (Wildman–Crippen LogP) is 3.69. The first-order valence-corrected chi connectivity index (χ1v) is 8.20. The number of nitrogens with one attached hydrogen (secondary N) is 1. The molecular formula is C16H18ClN3O4S. The van der Waals surface area contributed by atoms with E-state index in [1.165, 1.54) is 12.1 Å². The second-order valence-electron chi connectivity index (χ2n) is 6.28. The average molecular weight is 384 g/mol. The molecule has 0 saturated carbocycles. The number of amides is 1.